The fraction of sp³-hybridized carbons (Fsp3) is 0.182. The van der Waals surface area contributed by atoms with Crippen molar-refractivity contribution in [2.75, 3.05) is 6.61 Å². The van der Waals surface area contributed by atoms with Gasteiger partial charge in [-0.25, -0.2) is 0 Å². The van der Waals surface area contributed by atoms with Crippen molar-refractivity contribution in [1.29, 1.82) is 0 Å². The number of nitrogens with zero attached hydrogens (tertiary/aromatic N) is 1. The summed E-state index contributed by atoms with van der Waals surface area (Å²) in [6.07, 6.45) is 1.70. The maximum absolute atomic E-state index is 6.03. The zero-order chi connectivity index (χ0) is 9.97. The van der Waals surface area contributed by atoms with Crippen molar-refractivity contribution < 1.29 is 4.74 Å². The predicted molar refractivity (Wildman–Crippen MR) is 57.9 cm³/mol. The molecule has 0 spiro atoms. The van der Waals surface area contributed by atoms with E-state index in [-0.39, 0.29) is 0 Å². The van der Waals surface area contributed by atoms with Gasteiger partial charge in [-0.15, -0.1) is 0 Å². The molecule has 0 N–H and O–H groups in total. The standard InChI is InChI=1S/C11H10ClNO/c1-2-14-8-3-4-11-9(7-8)10(12)5-6-13-11/h3-7H,2H2,1H3. The van der Waals surface area contributed by atoms with Crippen molar-refractivity contribution in [3.8, 4) is 5.75 Å². The minimum absolute atomic E-state index is 0.656. The number of pyridine rings is 1. The van der Waals surface area contributed by atoms with Gasteiger partial charge in [-0.05, 0) is 31.2 Å². The van der Waals surface area contributed by atoms with Crippen LogP contribution in [0.5, 0.6) is 5.75 Å². The van der Waals surface area contributed by atoms with Crippen molar-refractivity contribution in [3.63, 3.8) is 0 Å². The SMILES string of the molecule is CCOc1ccc2nccc(Cl)c2c1. The van der Waals surface area contributed by atoms with Gasteiger partial charge in [0.2, 0.25) is 0 Å². The first kappa shape index (κ1) is 9.28. The van der Waals surface area contributed by atoms with Gasteiger partial charge in [0.1, 0.15) is 5.75 Å². The van der Waals surface area contributed by atoms with Crippen LogP contribution in [0.15, 0.2) is 30.5 Å². The van der Waals surface area contributed by atoms with Crippen molar-refractivity contribution in [2.45, 2.75) is 6.92 Å². The molecule has 0 aliphatic carbocycles. The molecule has 0 aliphatic heterocycles. The Hall–Kier alpha value is -1.28. The predicted octanol–water partition coefficient (Wildman–Crippen LogP) is 3.29. The molecule has 72 valence electrons. The number of hydrogen-bond donors (Lipinski definition) is 0. The fourth-order valence-corrected chi connectivity index (χ4v) is 1.56. The Labute approximate surface area is 87.5 Å². The molecule has 1 heterocycles. The zero-order valence-corrected chi connectivity index (χ0v) is 8.58. The monoisotopic (exact) mass is 207 g/mol. The van der Waals surface area contributed by atoms with Gasteiger partial charge in [-0.3, -0.25) is 4.98 Å². The van der Waals surface area contributed by atoms with Crippen LogP contribution in [0.3, 0.4) is 0 Å². The van der Waals surface area contributed by atoms with E-state index < -0.39 is 0 Å². The Balaban J connectivity index is 2.58. The van der Waals surface area contributed by atoms with E-state index in [4.69, 9.17) is 16.3 Å². The van der Waals surface area contributed by atoms with Crippen LogP contribution < -0.4 is 4.74 Å². The summed E-state index contributed by atoms with van der Waals surface area (Å²) < 4.78 is 5.38. The lowest BCUT2D eigenvalue weighted by Crippen LogP contribution is -1.91. The van der Waals surface area contributed by atoms with Crippen LogP contribution in [0.25, 0.3) is 10.9 Å². The number of ether oxygens (including phenoxy) is 1. The highest BCUT2D eigenvalue weighted by Crippen LogP contribution is 2.25. The fourth-order valence-electron chi connectivity index (χ4n) is 1.35. The molecule has 14 heavy (non-hydrogen) atoms. The van der Waals surface area contributed by atoms with E-state index >= 15 is 0 Å². The molecule has 0 saturated carbocycles. The summed E-state index contributed by atoms with van der Waals surface area (Å²) in [5.41, 5.74) is 0.890. The van der Waals surface area contributed by atoms with Gasteiger partial charge in [0.15, 0.2) is 0 Å². The second kappa shape index (κ2) is 3.84. The number of aromatic nitrogens is 1. The Morgan fingerprint density at radius 3 is 3.00 bits per heavy atom. The van der Waals surface area contributed by atoms with Crippen LogP contribution in [0, 0.1) is 0 Å². The molecule has 0 unspecified atom stereocenters. The van der Waals surface area contributed by atoms with Gasteiger partial charge >= 0.3 is 0 Å². The van der Waals surface area contributed by atoms with Gasteiger partial charge in [-0.1, -0.05) is 11.6 Å². The number of rotatable bonds is 2. The Morgan fingerprint density at radius 2 is 2.21 bits per heavy atom. The maximum Gasteiger partial charge on any atom is 0.120 e. The molecule has 0 atom stereocenters. The average molecular weight is 208 g/mol. The number of fused-ring (bicyclic) bond motifs is 1. The Kier molecular flexibility index (Phi) is 2.55. The molecule has 1 aromatic carbocycles. The summed E-state index contributed by atoms with van der Waals surface area (Å²) in [4.78, 5) is 4.20. The quantitative estimate of drug-likeness (QED) is 0.754. The minimum Gasteiger partial charge on any atom is -0.494 e. The third-order valence-electron chi connectivity index (χ3n) is 1.97. The summed E-state index contributed by atoms with van der Waals surface area (Å²) in [6, 6.07) is 7.50. The topological polar surface area (TPSA) is 22.1 Å². The van der Waals surface area contributed by atoms with E-state index in [1.165, 1.54) is 0 Å². The highest BCUT2D eigenvalue weighted by molar-refractivity contribution is 6.35. The average Bonchev–Trinajstić information content (AvgIpc) is 2.20. The molecule has 0 bridgehead atoms. The van der Waals surface area contributed by atoms with Crippen molar-refractivity contribution in [1.82, 2.24) is 4.98 Å². The van der Waals surface area contributed by atoms with E-state index in [0.29, 0.717) is 11.6 Å². The van der Waals surface area contributed by atoms with Gasteiger partial charge in [-0.2, -0.15) is 0 Å². The third kappa shape index (κ3) is 1.66. The van der Waals surface area contributed by atoms with E-state index in [2.05, 4.69) is 4.98 Å². The first-order chi connectivity index (χ1) is 6.81. The zero-order valence-electron chi connectivity index (χ0n) is 7.83. The first-order valence-electron chi connectivity index (χ1n) is 4.48. The number of benzene rings is 1. The van der Waals surface area contributed by atoms with E-state index in [9.17, 15) is 0 Å². The van der Waals surface area contributed by atoms with Gasteiger partial charge in [0, 0.05) is 11.6 Å². The molecular formula is C11H10ClNO. The molecule has 2 nitrogen and oxygen atoms in total. The van der Waals surface area contributed by atoms with Crippen LogP contribution in [-0.2, 0) is 0 Å². The minimum atomic E-state index is 0.656. The summed E-state index contributed by atoms with van der Waals surface area (Å²) in [5.74, 6) is 0.829. The van der Waals surface area contributed by atoms with E-state index in [0.717, 1.165) is 16.7 Å². The molecule has 3 heteroatoms. The van der Waals surface area contributed by atoms with Crippen LogP contribution >= 0.6 is 11.6 Å². The van der Waals surface area contributed by atoms with Crippen molar-refractivity contribution in [3.05, 3.63) is 35.5 Å². The molecular weight excluding hydrogens is 198 g/mol. The molecule has 0 fully saturated rings. The normalized spacial score (nSPS) is 10.4. The number of hydrogen-bond acceptors (Lipinski definition) is 2. The Bertz CT molecular complexity index is 456. The lowest BCUT2D eigenvalue weighted by atomic mass is 10.2. The summed E-state index contributed by atoms with van der Waals surface area (Å²) in [5, 5.41) is 1.64. The van der Waals surface area contributed by atoms with Gasteiger partial charge < -0.3 is 4.74 Å². The smallest absolute Gasteiger partial charge is 0.120 e. The van der Waals surface area contributed by atoms with Crippen molar-refractivity contribution >= 4 is 22.5 Å². The van der Waals surface area contributed by atoms with Crippen LogP contribution in [0.1, 0.15) is 6.92 Å². The summed E-state index contributed by atoms with van der Waals surface area (Å²) >= 11 is 6.03. The maximum atomic E-state index is 6.03. The highest BCUT2D eigenvalue weighted by atomic mass is 35.5. The number of halogens is 1. The third-order valence-corrected chi connectivity index (χ3v) is 2.30. The lowest BCUT2D eigenvalue weighted by Gasteiger charge is -2.04. The van der Waals surface area contributed by atoms with Crippen LogP contribution in [0.4, 0.5) is 0 Å². The second-order valence-corrected chi connectivity index (χ2v) is 3.31. The molecule has 2 aromatic rings. The second-order valence-electron chi connectivity index (χ2n) is 2.90. The molecule has 2 rings (SSSR count). The van der Waals surface area contributed by atoms with Crippen LogP contribution in [0.2, 0.25) is 5.02 Å². The van der Waals surface area contributed by atoms with E-state index in [1.807, 2.05) is 25.1 Å². The molecule has 0 amide bonds. The summed E-state index contributed by atoms with van der Waals surface area (Å²) in [6.45, 7) is 2.61. The van der Waals surface area contributed by atoms with E-state index in [1.54, 1.807) is 12.3 Å². The Morgan fingerprint density at radius 1 is 1.36 bits per heavy atom. The van der Waals surface area contributed by atoms with Crippen LogP contribution in [-0.4, -0.2) is 11.6 Å². The highest BCUT2D eigenvalue weighted by Gasteiger charge is 2.01. The van der Waals surface area contributed by atoms with Gasteiger partial charge in [0.05, 0.1) is 17.1 Å². The first-order valence-corrected chi connectivity index (χ1v) is 4.86. The van der Waals surface area contributed by atoms with Gasteiger partial charge in [0.25, 0.3) is 0 Å². The molecule has 0 saturated heterocycles. The summed E-state index contributed by atoms with van der Waals surface area (Å²) in [7, 11) is 0. The molecule has 0 radical (unpaired) electrons. The lowest BCUT2D eigenvalue weighted by molar-refractivity contribution is 0.340. The molecule has 1 aromatic heterocycles. The molecule has 0 aliphatic rings. The largest absolute Gasteiger partial charge is 0.494 e. The van der Waals surface area contributed by atoms with Crippen molar-refractivity contribution in [2.24, 2.45) is 0 Å².